The Hall–Kier alpha value is -2.69. The zero-order valence-electron chi connectivity index (χ0n) is 14.4. The molecule has 5 nitrogen and oxygen atoms in total. The van der Waals surface area contributed by atoms with Gasteiger partial charge in [-0.2, -0.15) is 0 Å². The van der Waals surface area contributed by atoms with E-state index in [1.54, 1.807) is 33.3 Å². The summed E-state index contributed by atoms with van der Waals surface area (Å²) in [4.78, 5) is 12.3. The fourth-order valence-electron chi connectivity index (χ4n) is 2.24. The molecule has 1 amide bonds. The molecule has 5 heteroatoms. The Morgan fingerprint density at radius 1 is 0.917 bits per heavy atom. The lowest BCUT2D eigenvalue weighted by Crippen LogP contribution is -2.37. The van der Waals surface area contributed by atoms with Gasteiger partial charge in [-0.1, -0.05) is 18.2 Å². The van der Waals surface area contributed by atoms with E-state index in [-0.39, 0.29) is 11.9 Å². The Morgan fingerprint density at radius 3 is 2.17 bits per heavy atom. The van der Waals surface area contributed by atoms with Crippen LogP contribution in [0.4, 0.5) is 0 Å². The van der Waals surface area contributed by atoms with Crippen molar-refractivity contribution in [2.75, 3.05) is 14.2 Å². The maximum atomic E-state index is 12.3. The first-order chi connectivity index (χ1) is 11.5. The molecule has 0 spiro atoms. The maximum Gasteiger partial charge on any atom is 0.261 e. The molecular weight excluding hydrogens is 306 g/mol. The van der Waals surface area contributed by atoms with Crippen molar-refractivity contribution < 1.29 is 19.0 Å². The lowest BCUT2D eigenvalue weighted by atomic mass is 10.1. The van der Waals surface area contributed by atoms with Gasteiger partial charge >= 0.3 is 0 Å². The molecule has 0 aliphatic carbocycles. The molecule has 0 aliphatic heterocycles. The minimum Gasteiger partial charge on any atom is -0.497 e. The monoisotopic (exact) mass is 329 g/mol. The van der Waals surface area contributed by atoms with Crippen LogP contribution in [0.2, 0.25) is 0 Å². The van der Waals surface area contributed by atoms with E-state index in [4.69, 9.17) is 14.2 Å². The third-order valence-corrected chi connectivity index (χ3v) is 3.70. The molecule has 1 N–H and O–H groups in total. The number of carbonyl (C=O) groups excluding carboxylic acids is 1. The highest BCUT2D eigenvalue weighted by Crippen LogP contribution is 2.21. The first-order valence-corrected chi connectivity index (χ1v) is 7.78. The molecule has 0 saturated carbocycles. The fourth-order valence-corrected chi connectivity index (χ4v) is 2.24. The predicted molar refractivity (Wildman–Crippen MR) is 92.6 cm³/mol. The molecule has 128 valence electrons. The number of ether oxygens (including phenoxy) is 3. The standard InChI is InChI=1S/C19H23NO4/c1-13(15-8-10-16(22-3)11-9-15)20-19(21)14(2)24-18-7-5-6-17(12-18)23-4/h5-14H,1-4H3,(H,20,21)/t13-,14-/m0/s1. The van der Waals surface area contributed by atoms with Crippen molar-refractivity contribution >= 4 is 5.91 Å². The lowest BCUT2D eigenvalue weighted by molar-refractivity contribution is -0.127. The van der Waals surface area contributed by atoms with Gasteiger partial charge in [-0.3, -0.25) is 4.79 Å². The molecule has 0 saturated heterocycles. The summed E-state index contributed by atoms with van der Waals surface area (Å²) >= 11 is 0. The number of methoxy groups -OCH3 is 2. The van der Waals surface area contributed by atoms with Crippen molar-refractivity contribution in [1.29, 1.82) is 0 Å². The van der Waals surface area contributed by atoms with Gasteiger partial charge in [-0.25, -0.2) is 0 Å². The summed E-state index contributed by atoms with van der Waals surface area (Å²) in [5.74, 6) is 1.88. The van der Waals surface area contributed by atoms with Crippen LogP contribution in [0.25, 0.3) is 0 Å². The van der Waals surface area contributed by atoms with Crippen LogP contribution in [-0.4, -0.2) is 26.2 Å². The second-order valence-corrected chi connectivity index (χ2v) is 5.44. The molecule has 2 aromatic rings. The van der Waals surface area contributed by atoms with Gasteiger partial charge in [0.1, 0.15) is 17.2 Å². The predicted octanol–water partition coefficient (Wildman–Crippen LogP) is 3.35. The first-order valence-electron chi connectivity index (χ1n) is 7.78. The zero-order valence-corrected chi connectivity index (χ0v) is 14.4. The number of hydrogen-bond donors (Lipinski definition) is 1. The van der Waals surface area contributed by atoms with E-state index in [9.17, 15) is 4.79 Å². The minimum atomic E-state index is -0.613. The summed E-state index contributed by atoms with van der Waals surface area (Å²) in [6.07, 6.45) is -0.613. The fraction of sp³-hybridized carbons (Fsp3) is 0.316. The van der Waals surface area contributed by atoms with Crippen LogP contribution in [0.5, 0.6) is 17.2 Å². The van der Waals surface area contributed by atoms with E-state index >= 15 is 0 Å². The molecule has 0 unspecified atom stereocenters. The first kappa shape index (κ1) is 17.7. The van der Waals surface area contributed by atoms with E-state index < -0.39 is 6.10 Å². The molecular formula is C19H23NO4. The van der Waals surface area contributed by atoms with Crippen molar-refractivity contribution in [2.45, 2.75) is 26.0 Å². The van der Waals surface area contributed by atoms with Gasteiger partial charge < -0.3 is 19.5 Å². The number of amides is 1. The minimum absolute atomic E-state index is 0.125. The summed E-state index contributed by atoms with van der Waals surface area (Å²) in [7, 11) is 3.21. The summed E-state index contributed by atoms with van der Waals surface area (Å²) < 4.78 is 16.0. The Labute approximate surface area is 142 Å². The highest BCUT2D eigenvalue weighted by Gasteiger charge is 2.18. The van der Waals surface area contributed by atoms with Crippen LogP contribution in [-0.2, 0) is 4.79 Å². The number of nitrogens with one attached hydrogen (secondary N) is 1. The highest BCUT2D eigenvalue weighted by atomic mass is 16.5. The molecule has 2 atom stereocenters. The third-order valence-electron chi connectivity index (χ3n) is 3.70. The number of rotatable bonds is 7. The van der Waals surface area contributed by atoms with Crippen LogP contribution in [0, 0.1) is 0 Å². The Balaban J connectivity index is 1.94. The largest absolute Gasteiger partial charge is 0.497 e. The molecule has 0 aliphatic rings. The third kappa shape index (κ3) is 4.65. The van der Waals surface area contributed by atoms with E-state index in [1.807, 2.05) is 43.3 Å². The van der Waals surface area contributed by atoms with Crippen molar-refractivity contribution in [2.24, 2.45) is 0 Å². The van der Waals surface area contributed by atoms with Crippen molar-refractivity contribution in [3.05, 3.63) is 54.1 Å². The molecule has 0 radical (unpaired) electrons. The van der Waals surface area contributed by atoms with E-state index in [2.05, 4.69) is 5.32 Å². The zero-order chi connectivity index (χ0) is 17.5. The number of hydrogen-bond acceptors (Lipinski definition) is 4. The van der Waals surface area contributed by atoms with Crippen molar-refractivity contribution in [3.63, 3.8) is 0 Å². The van der Waals surface area contributed by atoms with E-state index in [1.165, 1.54) is 0 Å². The molecule has 0 heterocycles. The molecule has 2 rings (SSSR count). The van der Waals surface area contributed by atoms with Crippen molar-refractivity contribution in [3.8, 4) is 17.2 Å². The Kier molecular flexibility index (Phi) is 6.07. The normalized spacial score (nSPS) is 12.8. The summed E-state index contributed by atoms with van der Waals surface area (Å²) in [5.41, 5.74) is 0.998. The topological polar surface area (TPSA) is 56.8 Å². The smallest absolute Gasteiger partial charge is 0.261 e. The van der Waals surface area contributed by atoms with Crippen molar-refractivity contribution in [1.82, 2.24) is 5.32 Å². The Bertz CT molecular complexity index is 669. The van der Waals surface area contributed by atoms with Gasteiger partial charge in [0, 0.05) is 6.07 Å². The Morgan fingerprint density at radius 2 is 1.54 bits per heavy atom. The molecule has 0 bridgehead atoms. The second kappa shape index (κ2) is 8.24. The van der Waals surface area contributed by atoms with Crippen LogP contribution >= 0.6 is 0 Å². The van der Waals surface area contributed by atoms with E-state index in [0.717, 1.165) is 11.3 Å². The SMILES string of the molecule is COc1ccc([C@H](C)NC(=O)[C@H](C)Oc2cccc(OC)c2)cc1. The summed E-state index contributed by atoms with van der Waals surface area (Å²) in [5, 5.41) is 2.95. The summed E-state index contributed by atoms with van der Waals surface area (Å²) in [6.45, 7) is 3.65. The van der Waals surface area contributed by atoms with Gasteiger partial charge in [0.25, 0.3) is 5.91 Å². The molecule has 0 fully saturated rings. The van der Waals surface area contributed by atoms with Crippen LogP contribution < -0.4 is 19.5 Å². The molecule has 24 heavy (non-hydrogen) atoms. The average Bonchev–Trinajstić information content (AvgIpc) is 2.61. The number of carbonyl (C=O) groups is 1. The maximum absolute atomic E-state index is 12.3. The van der Waals surface area contributed by atoms with Crippen LogP contribution in [0.1, 0.15) is 25.5 Å². The number of benzene rings is 2. The van der Waals surface area contributed by atoms with Gasteiger partial charge in [-0.05, 0) is 43.7 Å². The molecule has 0 aromatic heterocycles. The quantitative estimate of drug-likeness (QED) is 0.846. The highest BCUT2D eigenvalue weighted by molar-refractivity contribution is 5.81. The summed E-state index contributed by atoms with van der Waals surface area (Å²) in [6, 6.07) is 14.6. The van der Waals surface area contributed by atoms with Crippen LogP contribution in [0.3, 0.4) is 0 Å². The molecule has 2 aromatic carbocycles. The lowest BCUT2D eigenvalue weighted by Gasteiger charge is -2.19. The average molecular weight is 329 g/mol. The van der Waals surface area contributed by atoms with Gasteiger partial charge in [0.15, 0.2) is 6.10 Å². The van der Waals surface area contributed by atoms with Gasteiger partial charge in [0.2, 0.25) is 0 Å². The van der Waals surface area contributed by atoms with Crippen LogP contribution in [0.15, 0.2) is 48.5 Å². The second-order valence-electron chi connectivity index (χ2n) is 5.44. The van der Waals surface area contributed by atoms with Gasteiger partial charge in [0.05, 0.1) is 20.3 Å². The van der Waals surface area contributed by atoms with E-state index in [0.29, 0.717) is 11.5 Å². The van der Waals surface area contributed by atoms with Gasteiger partial charge in [-0.15, -0.1) is 0 Å².